The summed E-state index contributed by atoms with van der Waals surface area (Å²) in [6.45, 7) is 0.0157. The zero-order valence-corrected chi connectivity index (χ0v) is 7.94. The lowest BCUT2D eigenvalue weighted by molar-refractivity contribution is -0.143. The van der Waals surface area contributed by atoms with Gasteiger partial charge in [-0.25, -0.2) is 0 Å². The SMILES string of the molecule is NCCC(=O)N(CCC=O)C(=O)CN. The minimum Gasteiger partial charge on any atom is -0.330 e. The van der Waals surface area contributed by atoms with Crippen molar-refractivity contribution in [3.05, 3.63) is 0 Å². The number of hydrogen-bond donors (Lipinski definition) is 2. The van der Waals surface area contributed by atoms with E-state index >= 15 is 0 Å². The van der Waals surface area contributed by atoms with Crippen LogP contribution >= 0.6 is 0 Å². The lowest BCUT2D eigenvalue weighted by Gasteiger charge is -2.18. The molecular formula is C8H15N3O3. The smallest absolute Gasteiger partial charge is 0.242 e. The molecule has 4 N–H and O–H groups in total. The number of amides is 2. The van der Waals surface area contributed by atoms with E-state index in [4.69, 9.17) is 11.5 Å². The Kier molecular flexibility index (Phi) is 6.51. The maximum absolute atomic E-state index is 11.3. The molecule has 0 aromatic carbocycles. The molecule has 0 aromatic rings. The molecule has 0 heterocycles. The number of carbonyl (C=O) groups is 3. The molecule has 0 bridgehead atoms. The fraction of sp³-hybridized carbons (Fsp3) is 0.625. The van der Waals surface area contributed by atoms with E-state index in [1.807, 2.05) is 0 Å². The van der Waals surface area contributed by atoms with Gasteiger partial charge in [0.25, 0.3) is 0 Å². The highest BCUT2D eigenvalue weighted by Crippen LogP contribution is 1.95. The molecule has 0 atom stereocenters. The van der Waals surface area contributed by atoms with Gasteiger partial charge in [0, 0.05) is 25.9 Å². The summed E-state index contributed by atoms with van der Waals surface area (Å²) >= 11 is 0. The molecule has 0 aromatic heterocycles. The minimum absolute atomic E-state index is 0.0817. The van der Waals surface area contributed by atoms with Crippen LogP contribution in [-0.4, -0.2) is 42.6 Å². The largest absolute Gasteiger partial charge is 0.330 e. The summed E-state index contributed by atoms with van der Waals surface area (Å²) in [5.41, 5.74) is 10.3. The van der Waals surface area contributed by atoms with Gasteiger partial charge in [0.15, 0.2) is 0 Å². The van der Waals surface area contributed by atoms with E-state index < -0.39 is 5.91 Å². The monoisotopic (exact) mass is 201 g/mol. The normalized spacial score (nSPS) is 9.57. The first kappa shape index (κ1) is 12.7. The fourth-order valence-corrected chi connectivity index (χ4v) is 0.939. The van der Waals surface area contributed by atoms with Crippen molar-refractivity contribution in [3.8, 4) is 0 Å². The summed E-state index contributed by atoms with van der Waals surface area (Å²) in [5.74, 6) is -0.866. The number of nitrogens with two attached hydrogens (primary N) is 2. The van der Waals surface area contributed by atoms with Crippen LogP contribution < -0.4 is 11.5 Å². The molecule has 0 saturated heterocycles. The molecule has 0 spiro atoms. The third-order valence-corrected chi connectivity index (χ3v) is 1.61. The van der Waals surface area contributed by atoms with Crippen molar-refractivity contribution in [2.75, 3.05) is 19.6 Å². The molecule has 14 heavy (non-hydrogen) atoms. The molecule has 0 saturated carbocycles. The third-order valence-electron chi connectivity index (χ3n) is 1.61. The summed E-state index contributed by atoms with van der Waals surface area (Å²) in [7, 11) is 0. The molecule has 2 amide bonds. The predicted octanol–water partition coefficient (Wildman–Crippen LogP) is -1.76. The van der Waals surface area contributed by atoms with E-state index in [0.29, 0.717) is 6.29 Å². The van der Waals surface area contributed by atoms with Crippen molar-refractivity contribution < 1.29 is 14.4 Å². The fourth-order valence-electron chi connectivity index (χ4n) is 0.939. The van der Waals surface area contributed by atoms with E-state index in [1.54, 1.807) is 0 Å². The molecule has 0 radical (unpaired) electrons. The number of nitrogens with zero attached hydrogens (tertiary/aromatic N) is 1. The van der Waals surface area contributed by atoms with E-state index in [9.17, 15) is 14.4 Å². The molecule has 6 heteroatoms. The molecule has 0 aliphatic rings. The summed E-state index contributed by atoms with van der Waals surface area (Å²) in [6.07, 6.45) is 0.860. The van der Waals surface area contributed by atoms with Gasteiger partial charge >= 0.3 is 0 Å². The van der Waals surface area contributed by atoms with Crippen LogP contribution in [0.2, 0.25) is 0 Å². The Morgan fingerprint density at radius 3 is 2.29 bits per heavy atom. The second-order valence-corrected chi connectivity index (χ2v) is 2.64. The molecule has 0 aliphatic carbocycles. The van der Waals surface area contributed by atoms with Gasteiger partial charge in [-0.3, -0.25) is 14.5 Å². The quantitative estimate of drug-likeness (QED) is 0.495. The standard InChI is InChI=1S/C8H15N3O3/c9-3-2-7(13)11(4-1-5-12)8(14)6-10/h5H,1-4,6,9-10H2. The Hall–Kier alpha value is -1.27. The van der Waals surface area contributed by atoms with E-state index in [-0.39, 0.29) is 38.4 Å². The third kappa shape index (κ3) is 4.11. The van der Waals surface area contributed by atoms with E-state index in [1.165, 1.54) is 0 Å². The van der Waals surface area contributed by atoms with Crippen molar-refractivity contribution in [2.45, 2.75) is 12.8 Å². The second-order valence-electron chi connectivity index (χ2n) is 2.64. The molecule has 0 aliphatic heterocycles. The maximum Gasteiger partial charge on any atom is 0.242 e. The van der Waals surface area contributed by atoms with Crippen LogP contribution in [0.4, 0.5) is 0 Å². The van der Waals surface area contributed by atoms with Gasteiger partial charge in [-0.1, -0.05) is 0 Å². The van der Waals surface area contributed by atoms with Gasteiger partial charge in [-0.05, 0) is 0 Å². The topological polar surface area (TPSA) is 106 Å². The van der Waals surface area contributed by atoms with Gasteiger partial charge < -0.3 is 16.3 Å². The van der Waals surface area contributed by atoms with Crippen LogP contribution in [0.25, 0.3) is 0 Å². The maximum atomic E-state index is 11.3. The van der Waals surface area contributed by atoms with Crippen LogP contribution in [-0.2, 0) is 14.4 Å². The number of hydrogen-bond acceptors (Lipinski definition) is 5. The van der Waals surface area contributed by atoms with Crippen molar-refractivity contribution >= 4 is 18.1 Å². The second kappa shape index (κ2) is 7.16. The Labute approximate surface area is 82.2 Å². The molecule has 80 valence electrons. The van der Waals surface area contributed by atoms with Crippen LogP contribution in [0.3, 0.4) is 0 Å². The predicted molar refractivity (Wildman–Crippen MR) is 50.1 cm³/mol. The lowest BCUT2D eigenvalue weighted by Crippen LogP contribution is -2.42. The van der Waals surface area contributed by atoms with Crippen LogP contribution in [0.15, 0.2) is 0 Å². The summed E-state index contributed by atoms with van der Waals surface area (Å²) < 4.78 is 0. The van der Waals surface area contributed by atoms with Crippen molar-refractivity contribution in [2.24, 2.45) is 11.5 Å². The molecule has 0 unspecified atom stereocenters. The van der Waals surface area contributed by atoms with Crippen LogP contribution in [0.5, 0.6) is 0 Å². The van der Waals surface area contributed by atoms with Gasteiger partial charge in [-0.15, -0.1) is 0 Å². The molecule has 6 nitrogen and oxygen atoms in total. The zero-order valence-electron chi connectivity index (χ0n) is 7.94. The highest BCUT2D eigenvalue weighted by Gasteiger charge is 2.18. The van der Waals surface area contributed by atoms with Crippen molar-refractivity contribution in [3.63, 3.8) is 0 Å². The minimum atomic E-state index is -0.481. The average molecular weight is 201 g/mol. The first-order valence-corrected chi connectivity index (χ1v) is 4.34. The van der Waals surface area contributed by atoms with Crippen molar-refractivity contribution in [1.82, 2.24) is 4.90 Å². The number of imide groups is 1. The number of carbonyl (C=O) groups excluding carboxylic acids is 3. The molecule has 0 fully saturated rings. The van der Waals surface area contributed by atoms with E-state index in [2.05, 4.69) is 0 Å². The average Bonchev–Trinajstić information content (AvgIpc) is 2.18. The Balaban J connectivity index is 4.29. The Morgan fingerprint density at radius 2 is 1.86 bits per heavy atom. The zero-order chi connectivity index (χ0) is 11.0. The first-order valence-electron chi connectivity index (χ1n) is 4.34. The van der Waals surface area contributed by atoms with Crippen molar-refractivity contribution in [1.29, 1.82) is 0 Å². The molecule has 0 rings (SSSR count). The summed E-state index contributed by atoms with van der Waals surface area (Å²) in [5, 5.41) is 0. The van der Waals surface area contributed by atoms with Crippen LogP contribution in [0.1, 0.15) is 12.8 Å². The number of rotatable bonds is 6. The van der Waals surface area contributed by atoms with Gasteiger partial charge in [0.05, 0.1) is 6.54 Å². The summed E-state index contributed by atoms with van der Waals surface area (Å²) in [4.78, 5) is 33.5. The summed E-state index contributed by atoms with van der Waals surface area (Å²) in [6, 6.07) is 0. The van der Waals surface area contributed by atoms with Crippen LogP contribution in [0, 0.1) is 0 Å². The van der Waals surface area contributed by atoms with Gasteiger partial charge in [0.2, 0.25) is 11.8 Å². The Bertz CT molecular complexity index is 218. The van der Waals surface area contributed by atoms with E-state index in [0.717, 1.165) is 4.90 Å². The van der Waals surface area contributed by atoms with Gasteiger partial charge in [0.1, 0.15) is 6.29 Å². The lowest BCUT2D eigenvalue weighted by atomic mass is 10.3. The first-order chi connectivity index (χ1) is 6.67. The van der Waals surface area contributed by atoms with Gasteiger partial charge in [-0.2, -0.15) is 0 Å². The highest BCUT2D eigenvalue weighted by molar-refractivity contribution is 5.96. The molecular weight excluding hydrogens is 186 g/mol. The number of aldehydes is 1. The Morgan fingerprint density at radius 1 is 1.21 bits per heavy atom. The highest BCUT2D eigenvalue weighted by atomic mass is 16.2.